The molecule has 0 aromatic heterocycles. The van der Waals surface area contributed by atoms with Gasteiger partial charge in [-0.1, -0.05) is 45.0 Å². The van der Waals surface area contributed by atoms with Crippen LogP contribution < -0.4 is 9.47 Å². The summed E-state index contributed by atoms with van der Waals surface area (Å²) < 4.78 is 11.2. The lowest BCUT2D eigenvalue weighted by Gasteiger charge is -2.26. The molecule has 3 N–H and O–H groups in total. The van der Waals surface area contributed by atoms with Gasteiger partial charge in [0.25, 0.3) is 0 Å². The van der Waals surface area contributed by atoms with Crippen LogP contribution in [0.5, 0.6) is 11.5 Å². The Labute approximate surface area is 185 Å². The van der Waals surface area contributed by atoms with Gasteiger partial charge in [0.05, 0.1) is 12.7 Å². The molecule has 168 valence electrons. The van der Waals surface area contributed by atoms with E-state index in [-0.39, 0.29) is 31.2 Å². The van der Waals surface area contributed by atoms with Gasteiger partial charge >= 0.3 is 0 Å². The van der Waals surface area contributed by atoms with E-state index in [1.54, 1.807) is 6.92 Å². The van der Waals surface area contributed by atoms with Crippen molar-refractivity contribution < 1.29 is 24.8 Å². The molecule has 0 saturated heterocycles. The Balaban J connectivity index is 1.96. The Morgan fingerprint density at radius 1 is 0.839 bits per heavy atom. The molecule has 2 rings (SSSR count). The zero-order chi connectivity index (χ0) is 22.9. The van der Waals surface area contributed by atoms with E-state index >= 15 is 0 Å². The molecule has 0 heterocycles. The lowest BCUT2D eigenvalue weighted by Crippen LogP contribution is -2.21. The maximum absolute atomic E-state index is 10.1. The smallest absolute Gasteiger partial charge is 0.119 e. The van der Waals surface area contributed by atoms with Crippen molar-refractivity contribution in [1.29, 1.82) is 0 Å². The van der Waals surface area contributed by atoms with Crippen LogP contribution in [0.1, 0.15) is 45.2 Å². The second-order valence-corrected chi connectivity index (χ2v) is 8.32. The van der Waals surface area contributed by atoms with Gasteiger partial charge in [0.15, 0.2) is 0 Å². The Morgan fingerprint density at radius 3 is 1.71 bits per heavy atom. The van der Waals surface area contributed by atoms with Crippen molar-refractivity contribution in [3.63, 3.8) is 0 Å². The van der Waals surface area contributed by atoms with Crippen LogP contribution in [0.4, 0.5) is 0 Å². The average molecular weight is 427 g/mol. The Kier molecular flexibility index (Phi) is 9.39. The third-order valence-electron chi connectivity index (χ3n) is 5.26. The van der Waals surface area contributed by atoms with Gasteiger partial charge in [-0.15, -0.1) is 11.8 Å². The van der Waals surface area contributed by atoms with Crippen molar-refractivity contribution in [1.82, 2.24) is 0 Å². The molecule has 3 atom stereocenters. The fourth-order valence-electron chi connectivity index (χ4n) is 3.32. The van der Waals surface area contributed by atoms with E-state index in [2.05, 4.69) is 25.7 Å². The third kappa shape index (κ3) is 7.59. The van der Waals surface area contributed by atoms with E-state index in [0.717, 1.165) is 16.9 Å². The Bertz CT molecular complexity index is 846. The molecule has 0 aliphatic heterocycles. The van der Waals surface area contributed by atoms with Crippen molar-refractivity contribution in [2.75, 3.05) is 19.8 Å². The van der Waals surface area contributed by atoms with Crippen LogP contribution in [-0.4, -0.2) is 47.3 Å². The molecular formula is C26H34O5. The average Bonchev–Trinajstić information content (AvgIpc) is 2.76. The maximum atomic E-state index is 10.1. The molecular weight excluding hydrogens is 392 g/mol. The van der Waals surface area contributed by atoms with E-state index < -0.39 is 12.2 Å². The molecule has 0 aliphatic rings. The van der Waals surface area contributed by atoms with Gasteiger partial charge in [-0.05, 0) is 48.7 Å². The highest BCUT2D eigenvalue weighted by molar-refractivity contribution is 5.41. The van der Waals surface area contributed by atoms with Crippen LogP contribution in [-0.2, 0) is 5.41 Å². The number of hydrogen-bond acceptors (Lipinski definition) is 5. The number of ether oxygens (including phenoxy) is 2. The minimum absolute atomic E-state index is 0.0559. The summed E-state index contributed by atoms with van der Waals surface area (Å²) in [5, 5.41) is 28.4. The summed E-state index contributed by atoms with van der Waals surface area (Å²) in [6.07, 6.45) is -0.845. The molecule has 2 aromatic carbocycles. The molecule has 0 saturated carbocycles. The molecule has 2 aromatic rings. The summed E-state index contributed by atoms with van der Waals surface area (Å²) in [7, 11) is 0. The van der Waals surface area contributed by atoms with E-state index in [1.165, 1.54) is 0 Å². The predicted molar refractivity (Wildman–Crippen MR) is 122 cm³/mol. The molecule has 31 heavy (non-hydrogen) atoms. The Hall–Kier alpha value is -2.52. The fourth-order valence-corrected chi connectivity index (χ4v) is 3.32. The monoisotopic (exact) mass is 426 g/mol. The van der Waals surface area contributed by atoms with Crippen molar-refractivity contribution in [3.8, 4) is 23.3 Å². The minimum Gasteiger partial charge on any atom is -0.491 e. The van der Waals surface area contributed by atoms with Crippen LogP contribution in [0.15, 0.2) is 48.5 Å². The highest BCUT2D eigenvalue weighted by Crippen LogP contribution is 2.33. The summed E-state index contributed by atoms with van der Waals surface area (Å²) in [5.74, 6) is 7.42. The molecule has 0 bridgehead atoms. The summed E-state index contributed by atoms with van der Waals surface area (Å²) in [6, 6.07) is 15.7. The van der Waals surface area contributed by atoms with Crippen LogP contribution in [0.3, 0.4) is 0 Å². The predicted octanol–water partition coefficient (Wildman–Crippen LogP) is 3.53. The fraction of sp³-hybridized carbons (Fsp3) is 0.462. The van der Waals surface area contributed by atoms with Crippen LogP contribution in [0, 0.1) is 17.8 Å². The maximum Gasteiger partial charge on any atom is 0.119 e. The summed E-state index contributed by atoms with van der Waals surface area (Å²) >= 11 is 0. The van der Waals surface area contributed by atoms with Gasteiger partial charge in [0.1, 0.15) is 30.8 Å². The van der Waals surface area contributed by atoms with Gasteiger partial charge in [-0.3, -0.25) is 0 Å². The summed E-state index contributed by atoms with van der Waals surface area (Å²) in [6.45, 7) is 8.06. The van der Waals surface area contributed by atoms with Crippen LogP contribution in [0.2, 0.25) is 0 Å². The zero-order valence-corrected chi connectivity index (χ0v) is 18.8. The second-order valence-electron chi connectivity index (χ2n) is 8.32. The minimum atomic E-state index is -0.883. The molecule has 0 aliphatic carbocycles. The first-order valence-corrected chi connectivity index (χ1v) is 10.6. The molecule has 5 heteroatoms. The van der Waals surface area contributed by atoms with Crippen molar-refractivity contribution >= 4 is 0 Å². The summed E-state index contributed by atoms with van der Waals surface area (Å²) in [4.78, 5) is 0. The largest absolute Gasteiger partial charge is 0.491 e. The number of hydrogen-bond donors (Lipinski definition) is 3. The molecule has 0 amide bonds. The van der Waals surface area contributed by atoms with Gasteiger partial charge in [-0.25, -0.2) is 0 Å². The second kappa shape index (κ2) is 11.8. The number of aliphatic hydroxyl groups excluding tert-OH is 3. The Morgan fingerprint density at radius 2 is 1.29 bits per heavy atom. The normalized spacial score (nSPS) is 14.2. The number of rotatable bonds is 11. The SMILES string of the molecule is CC#CC(C)CC(O)COc1ccc(C(C)(C)c2ccc(OCC(O)CO)cc2)cc1. The molecule has 0 fully saturated rings. The van der Waals surface area contributed by atoms with Gasteiger partial charge < -0.3 is 24.8 Å². The summed E-state index contributed by atoms with van der Waals surface area (Å²) in [5.41, 5.74) is 2.03. The van der Waals surface area contributed by atoms with Crippen LogP contribution >= 0.6 is 0 Å². The quantitative estimate of drug-likeness (QED) is 0.479. The van der Waals surface area contributed by atoms with Crippen molar-refractivity contribution in [2.24, 2.45) is 5.92 Å². The first kappa shape index (κ1) is 24.7. The van der Waals surface area contributed by atoms with E-state index in [4.69, 9.17) is 14.6 Å². The van der Waals surface area contributed by atoms with Gasteiger partial charge in [-0.2, -0.15) is 0 Å². The van der Waals surface area contributed by atoms with Crippen molar-refractivity contribution in [3.05, 3.63) is 59.7 Å². The van der Waals surface area contributed by atoms with Crippen molar-refractivity contribution in [2.45, 2.75) is 51.7 Å². The van der Waals surface area contributed by atoms with E-state index in [0.29, 0.717) is 12.2 Å². The third-order valence-corrected chi connectivity index (χ3v) is 5.26. The molecule has 5 nitrogen and oxygen atoms in total. The van der Waals surface area contributed by atoms with E-state index in [1.807, 2.05) is 55.5 Å². The van der Waals surface area contributed by atoms with Crippen LogP contribution in [0.25, 0.3) is 0 Å². The van der Waals surface area contributed by atoms with Gasteiger partial charge in [0.2, 0.25) is 0 Å². The highest BCUT2D eigenvalue weighted by Gasteiger charge is 2.23. The molecule has 0 spiro atoms. The first-order chi connectivity index (χ1) is 14.8. The highest BCUT2D eigenvalue weighted by atomic mass is 16.5. The number of benzene rings is 2. The zero-order valence-electron chi connectivity index (χ0n) is 18.8. The lowest BCUT2D eigenvalue weighted by atomic mass is 9.78. The number of aliphatic hydroxyl groups is 3. The van der Waals surface area contributed by atoms with Gasteiger partial charge in [0, 0.05) is 11.3 Å². The lowest BCUT2D eigenvalue weighted by molar-refractivity contribution is 0.0536. The van der Waals surface area contributed by atoms with E-state index in [9.17, 15) is 10.2 Å². The molecule has 0 radical (unpaired) electrons. The topological polar surface area (TPSA) is 79.2 Å². The first-order valence-electron chi connectivity index (χ1n) is 10.6. The molecule has 3 unspecified atom stereocenters. The standard InChI is InChI=1S/C26H34O5/c1-5-6-19(2)15-22(28)17-30-24-11-7-20(8-12-24)26(3,4)21-9-13-25(14-10-21)31-18-23(29)16-27/h7-14,19,22-23,27-29H,15-18H2,1-4H3.